The van der Waals surface area contributed by atoms with Gasteiger partial charge in [-0.2, -0.15) is 0 Å². The predicted octanol–water partition coefficient (Wildman–Crippen LogP) is 4.20. The fourth-order valence-electron chi connectivity index (χ4n) is 4.08. The van der Waals surface area contributed by atoms with Crippen LogP contribution in [-0.4, -0.2) is 18.4 Å². The van der Waals surface area contributed by atoms with Gasteiger partial charge in [-0.25, -0.2) is 0 Å². The molecule has 27 heavy (non-hydrogen) atoms. The highest BCUT2D eigenvalue weighted by Gasteiger charge is 2.36. The normalized spacial score (nSPS) is 21.9. The Bertz CT molecular complexity index is 896. The number of rotatable bonds is 3. The van der Waals surface area contributed by atoms with Crippen molar-refractivity contribution >= 4 is 29.1 Å². The van der Waals surface area contributed by atoms with E-state index in [0.717, 1.165) is 30.5 Å². The minimum atomic E-state index is -0.327. The third kappa shape index (κ3) is 3.59. The molecule has 0 aromatic heterocycles. The predicted molar refractivity (Wildman–Crippen MR) is 107 cm³/mol. The number of aryl methyl sites for hydroxylation is 2. The van der Waals surface area contributed by atoms with E-state index in [1.165, 1.54) is 11.1 Å². The highest BCUT2D eigenvalue weighted by Crippen LogP contribution is 2.32. The highest BCUT2D eigenvalue weighted by atomic mass is 35.5. The SMILES string of the molecule is Cc1ccc(N2CC(C(=O)NC3CCCc4ccccc43)CC2=O)cc1Cl. The van der Waals surface area contributed by atoms with Crippen molar-refractivity contribution < 1.29 is 9.59 Å². The summed E-state index contributed by atoms with van der Waals surface area (Å²) in [5, 5.41) is 3.82. The van der Waals surface area contributed by atoms with Gasteiger partial charge in [0.05, 0.1) is 12.0 Å². The first kappa shape index (κ1) is 18.1. The second-order valence-corrected chi connectivity index (χ2v) is 7.90. The summed E-state index contributed by atoms with van der Waals surface area (Å²) in [6.45, 7) is 2.33. The number of halogens is 1. The minimum Gasteiger partial charge on any atom is -0.349 e. The molecule has 1 aliphatic carbocycles. The molecule has 1 N–H and O–H groups in total. The lowest BCUT2D eigenvalue weighted by molar-refractivity contribution is -0.127. The maximum Gasteiger partial charge on any atom is 0.227 e. The number of amides is 2. The smallest absolute Gasteiger partial charge is 0.227 e. The number of nitrogens with zero attached hydrogens (tertiary/aromatic N) is 1. The van der Waals surface area contributed by atoms with E-state index >= 15 is 0 Å². The second kappa shape index (κ2) is 7.35. The van der Waals surface area contributed by atoms with E-state index in [1.807, 2.05) is 31.2 Å². The number of hydrogen-bond acceptors (Lipinski definition) is 2. The number of nitrogens with one attached hydrogen (secondary N) is 1. The summed E-state index contributed by atoms with van der Waals surface area (Å²) < 4.78 is 0. The summed E-state index contributed by atoms with van der Waals surface area (Å²) in [5.74, 6) is -0.392. The fourth-order valence-corrected chi connectivity index (χ4v) is 4.25. The summed E-state index contributed by atoms with van der Waals surface area (Å²) in [5.41, 5.74) is 4.25. The average Bonchev–Trinajstić information content (AvgIpc) is 3.06. The average molecular weight is 383 g/mol. The van der Waals surface area contributed by atoms with Crippen LogP contribution in [0.3, 0.4) is 0 Å². The summed E-state index contributed by atoms with van der Waals surface area (Å²) in [6, 6.07) is 13.9. The Labute approximate surface area is 164 Å². The molecule has 1 fully saturated rings. The maximum atomic E-state index is 12.9. The van der Waals surface area contributed by atoms with Crippen molar-refractivity contribution in [3.8, 4) is 0 Å². The monoisotopic (exact) mass is 382 g/mol. The molecule has 1 aliphatic heterocycles. The molecule has 2 atom stereocenters. The van der Waals surface area contributed by atoms with Gasteiger partial charge in [0.15, 0.2) is 0 Å². The molecule has 4 nitrogen and oxygen atoms in total. The van der Waals surface area contributed by atoms with Gasteiger partial charge >= 0.3 is 0 Å². The van der Waals surface area contributed by atoms with Crippen molar-refractivity contribution in [2.45, 2.75) is 38.6 Å². The Morgan fingerprint density at radius 3 is 2.85 bits per heavy atom. The Hall–Kier alpha value is -2.33. The van der Waals surface area contributed by atoms with E-state index in [0.29, 0.717) is 11.6 Å². The Balaban J connectivity index is 1.46. The zero-order valence-electron chi connectivity index (χ0n) is 15.4. The summed E-state index contributed by atoms with van der Waals surface area (Å²) >= 11 is 6.20. The van der Waals surface area contributed by atoms with Gasteiger partial charge in [0.2, 0.25) is 11.8 Å². The van der Waals surface area contributed by atoms with Gasteiger partial charge in [0, 0.05) is 23.7 Å². The molecule has 0 radical (unpaired) electrons. The van der Waals surface area contributed by atoms with Gasteiger partial charge in [0.1, 0.15) is 0 Å². The summed E-state index contributed by atoms with van der Waals surface area (Å²) in [7, 11) is 0. The maximum absolute atomic E-state index is 12.9. The van der Waals surface area contributed by atoms with Gasteiger partial charge in [0.25, 0.3) is 0 Å². The first-order valence-corrected chi connectivity index (χ1v) is 9.85. The van der Waals surface area contributed by atoms with Crippen LogP contribution in [0.25, 0.3) is 0 Å². The largest absolute Gasteiger partial charge is 0.349 e. The van der Waals surface area contributed by atoms with Crippen molar-refractivity contribution in [1.82, 2.24) is 5.32 Å². The third-order valence-corrected chi connectivity index (χ3v) is 6.06. The van der Waals surface area contributed by atoms with E-state index in [4.69, 9.17) is 11.6 Å². The van der Waals surface area contributed by atoms with Crippen LogP contribution in [0.5, 0.6) is 0 Å². The number of anilines is 1. The van der Waals surface area contributed by atoms with Crippen LogP contribution in [-0.2, 0) is 16.0 Å². The zero-order chi connectivity index (χ0) is 19.0. The standard InChI is InChI=1S/C22H23ClN2O2/c1-14-9-10-17(12-19(14)23)25-13-16(11-21(25)26)22(27)24-20-8-4-6-15-5-2-3-7-18(15)20/h2-3,5,7,9-10,12,16,20H,4,6,8,11,13H2,1H3,(H,24,27). The number of carbonyl (C=O) groups is 2. The van der Waals surface area contributed by atoms with Crippen LogP contribution in [0.1, 0.15) is 42.0 Å². The molecule has 0 saturated carbocycles. The third-order valence-electron chi connectivity index (χ3n) is 5.65. The number of fused-ring (bicyclic) bond motifs is 1. The molecule has 2 aromatic carbocycles. The molecular formula is C22H23ClN2O2. The highest BCUT2D eigenvalue weighted by molar-refractivity contribution is 6.31. The van der Waals surface area contributed by atoms with E-state index in [1.54, 1.807) is 11.0 Å². The van der Waals surface area contributed by atoms with Crippen LogP contribution >= 0.6 is 11.6 Å². The van der Waals surface area contributed by atoms with E-state index in [-0.39, 0.29) is 30.2 Å². The van der Waals surface area contributed by atoms with Crippen molar-refractivity contribution in [1.29, 1.82) is 0 Å². The Kier molecular flexibility index (Phi) is 4.92. The Morgan fingerprint density at radius 1 is 1.22 bits per heavy atom. The number of carbonyl (C=O) groups excluding carboxylic acids is 2. The molecule has 1 heterocycles. The van der Waals surface area contributed by atoms with Crippen LogP contribution in [0, 0.1) is 12.8 Å². The van der Waals surface area contributed by atoms with E-state index < -0.39 is 0 Å². The van der Waals surface area contributed by atoms with Crippen LogP contribution in [0.4, 0.5) is 5.69 Å². The van der Waals surface area contributed by atoms with Crippen LogP contribution in [0.2, 0.25) is 5.02 Å². The molecule has 1 saturated heterocycles. The molecule has 5 heteroatoms. The van der Waals surface area contributed by atoms with E-state index in [2.05, 4.69) is 17.4 Å². The van der Waals surface area contributed by atoms with Crippen molar-refractivity contribution in [2.75, 3.05) is 11.4 Å². The topological polar surface area (TPSA) is 49.4 Å². The van der Waals surface area contributed by atoms with Crippen molar-refractivity contribution in [3.05, 3.63) is 64.2 Å². The number of hydrogen-bond donors (Lipinski definition) is 1. The van der Waals surface area contributed by atoms with Crippen LogP contribution < -0.4 is 10.2 Å². The summed E-state index contributed by atoms with van der Waals surface area (Å²) in [6.07, 6.45) is 3.32. The molecule has 2 aliphatic rings. The van der Waals surface area contributed by atoms with Gasteiger partial charge in [-0.3, -0.25) is 9.59 Å². The molecule has 2 amide bonds. The lowest BCUT2D eigenvalue weighted by Crippen LogP contribution is -2.36. The van der Waals surface area contributed by atoms with Crippen molar-refractivity contribution in [2.24, 2.45) is 5.92 Å². The van der Waals surface area contributed by atoms with Gasteiger partial charge < -0.3 is 10.2 Å². The molecule has 140 valence electrons. The first-order valence-electron chi connectivity index (χ1n) is 9.47. The molecule has 0 spiro atoms. The lowest BCUT2D eigenvalue weighted by atomic mass is 9.87. The van der Waals surface area contributed by atoms with Gasteiger partial charge in [-0.05, 0) is 55.0 Å². The van der Waals surface area contributed by atoms with Crippen LogP contribution in [0.15, 0.2) is 42.5 Å². The molecular weight excluding hydrogens is 360 g/mol. The first-order chi connectivity index (χ1) is 13.0. The number of benzene rings is 2. The van der Waals surface area contributed by atoms with Crippen molar-refractivity contribution in [3.63, 3.8) is 0 Å². The minimum absolute atomic E-state index is 0.0286. The molecule has 0 bridgehead atoms. The molecule has 4 rings (SSSR count). The lowest BCUT2D eigenvalue weighted by Gasteiger charge is -2.27. The summed E-state index contributed by atoms with van der Waals surface area (Å²) in [4.78, 5) is 27.0. The quantitative estimate of drug-likeness (QED) is 0.865. The zero-order valence-corrected chi connectivity index (χ0v) is 16.1. The Morgan fingerprint density at radius 2 is 2.04 bits per heavy atom. The second-order valence-electron chi connectivity index (χ2n) is 7.49. The fraction of sp³-hybridized carbons (Fsp3) is 0.364. The van der Waals surface area contributed by atoms with E-state index in [9.17, 15) is 9.59 Å². The van der Waals surface area contributed by atoms with Gasteiger partial charge in [-0.1, -0.05) is 41.9 Å². The molecule has 2 aromatic rings. The molecule has 2 unspecified atom stereocenters. The van der Waals surface area contributed by atoms with Gasteiger partial charge in [-0.15, -0.1) is 0 Å².